The Morgan fingerprint density at radius 3 is 2.32 bits per heavy atom. The van der Waals surface area contributed by atoms with Crippen molar-refractivity contribution in [2.24, 2.45) is 29.1 Å². The van der Waals surface area contributed by atoms with Gasteiger partial charge >= 0.3 is 5.97 Å². The number of halogens is 1. The van der Waals surface area contributed by atoms with E-state index in [2.05, 4.69) is 31.4 Å². The predicted octanol–water partition coefficient (Wildman–Crippen LogP) is 4.16. The number of methoxy groups -OCH3 is 1. The average Bonchev–Trinajstić information content (AvgIpc) is 3.45. The van der Waals surface area contributed by atoms with E-state index in [0.717, 1.165) is 25.3 Å². The molecule has 0 saturated heterocycles. The zero-order valence-corrected chi connectivity index (χ0v) is 22.1. The molecule has 9 heteroatoms. The molecule has 8 nitrogen and oxygen atoms in total. The molecule has 4 rings (SSSR count). The summed E-state index contributed by atoms with van der Waals surface area (Å²) in [5.74, 6) is -2.12. The molecule has 3 saturated carbocycles. The van der Waals surface area contributed by atoms with Crippen LogP contribution in [0, 0.1) is 34.9 Å². The summed E-state index contributed by atoms with van der Waals surface area (Å²) in [5.41, 5.74) is 0.103. The molecule has 3 N–H and O–H groups in total. The molecule has 3 aliphatic carbocycles. The Bertz CT molecular complexity index is 1030. The standard InChI is InChI=1S/C28H39FN2O6/c1-28(2,3)14-30-26(33)23-16-5-6-17(11-16)24(23)31-25(32)19-12-22(20(29)13-21(19)36-4)37-18-9-7-15(8-10-18)27(34)35/h12-13,15-18,23-24H,5-11,14H2,1-4H3,(H,30,33)(H,31,32)(H,34,35). The van der Waals surface area contributed by atoms with Gasteiger partial charge in [-0.3, -0.25) is 14.4 Å². The number of rotatable bonds is 8. The largest absolute Gasteiger partial charge is 0.496 e. The summed E-state index contributed by atoms with van der Waals surface area (Å²) >= 11 is 0. The van der Waals surface area contributed by atoms with Crippen LogP contribution in [-0.2, 0) is 9.59 Å². The third-order valence-corrected chi connectivity index (χ3v) is 8.13. The molecule has 2 bridgehead atoms. The van der Waals surface area contributed by atoms with Gasteiger partial charge in [0.1, 0.15) is 5.75 Å². The maximum Gasteiger partial charge on any atom is 0.306 e. The minimum atomic E-state index is -0.820. The smallest absolute Gasteiger partial charge is 0.306 e. The van der Waals surface area contributed by atoms with E-state index < -0.39 is 23.6 Å². The molecule has 3 fully saturated rings. The third-order valence-electron chi connectivity index (χ3n) is 8.13. The quantitative estimate of drug-likeness (QED) is 0.476. The molecule has 3 aliphatic rings. The monoisotopic (exact) mass is 518 g/mol. The van der Waals surface area contributed by atoms with Crippen LogP contribution in [0.25, 0.3) is 0 Å². The molecule has 1 aromatic rings. The number of benzene rings is 1. The van der Waals surface area contributed by atoms with Gasteiger partial charge in [-0.15, -0.1) is 0 Å². The summed E-state index contributed by atoms with van der Waals surface area (Å²) in [6, 6.07) is 2.20. The highest BCUT2D eigenvalue weighted by molar-refractivity contribution is 5.98. The molecule has 37 heavy (non-hydrogen) atoms. The van der Waals surface area contributed by atoms with E-state index in [1.54, 1.807) is 0 Å². The van der Waals surface area contributed by atoms with E-state index in [4.69, 9.17) is 9.47 Å². The van der Waals surface area contributed by atoms with Crippen molar-refractivity contribution in [3.8, 4) is 11.5 Å². The number of carbonyl (C=O) groups excluding carboxylic acids is 2. The molecule has 0 aromatic heterocycles. The number of hydrogen-bond donors (Lipinski definition) is 3. The van der Waals surface area contributed by atoms with Crippen LogP contribution in [0.5, 0.6) is 11.5 Å². The summed E-state index contributed by atoms with van der Waals surface area (Å²) in [6.45, 7) is 6.74. The Hall–Kier alpha value is -2.84. The van der Waals surface area contributed by atoms with Crippen LogP contribution in [0.3, 0.4) is 0 Å². The first-order valence-electron chi connectivity index (χ1n) is 13.3. The van der Waals surface area contributed by atoms with E-state index in [-0.39, 0.29) is 58.3 Å². The lowest BCUT2D eigenvalue weighted by Gasteiger charge is -2.32. The van der Waals surface area contributed by atoms with Gasteiger partial charge in [0.15, 0.2) is 11.6 Å². The molecule has 2 amide bonds. The van der Waals surface area contributed by atoms with Crippen LogP contribution < -0.4 is 20.1 Å². The van der Waals surface area contributed by atoms with Gasteiger partial charge in [-0.2, -0.15) is 0 Å². The highest BCUT2D eigenvalue weighted by Crippen LogP contribution is 2.49. The van der Waals surface area contributed by atoms with Gasteiger partial charge in [0.05, 0.1) is 30.6 Å². The van der Waals surface area contributed by atoms with E-state index in [0.29, 0.717) is 32.2 Å². The van der Waals surface area contributed by atoms with Crippen molar-refractivity contribution >= 4 is 17.8 Å². The van der Waals surface area contributed by atoms with Crippen molar-refractivity contribution < 1.29 is 33.4 Å². The zero-order valence-electron chi connectivity index (χ0n) is 22.1. The normalized spacial score (nSPS) is 29.0. The summed E-state index contributed by atoms with van der Waals surface area (Å²) in [4.78, 5) is 37.8. The number of fused-ring (bicyclic) bond motifs is 2. The summed E-state index contributed by atoms with van der Waals surface area (Å²) in [7, 11) is 1.37. The van der Waals surface area contributed by atoms with Crippen molar-refractivity contribution in [3.63, 3.8) is 0 Å². The van der Waals surface area contributed by atoms with E-state index in [1.807, 2.05) is 0 Å². The van der Waals surface area contributed by atoms with Crippen molar-refractivity contribution in [2.75, 3.05) is 13.7 Å². The second kappa shape index (κ2) is 10.9. The number of ether oxygens (including phenoxy) is 2. The Kier molecular flexibility index (Phi) is 7.99. The number of nitrogens with one attached hydrogen (secondary N) is 2. The first kappa shape index (κ1) is 27.2. The molecule has 0 aliphatic heterocycles. The molecule has 0 heterocycles. The van der Waals surface area contributed by atoms with Gasteiger partial charge in [0.25, 0.3) is 5.91 Å². The van der Waals surface area contributed by atoms with Crippen molar-refractivity contribution in [3.05, 3.63) is 23.5 Å². The number of carboxylic acid groups (broad SMARTS) is 1. The van der Waals surface area contributed by atoms with E-state index in [1.165, 1.54) is 13.2 Å². The molecule has 1 aromatic carbocycles. The number of hydrogen-bond acceptors (Lipinski definition) is 5. The fraction of sp³-hybridized carbons (Fsp3) is 0.679. The Morgan fingerprint density at radius 2 is 1.70 bits per heavy atom. The highest BCUT2D eigenvalue weighted by atomic mass is 19.1. The molecule has 4 unspecified atom stereocenters. The van der Waals surface area contributed by atoms with Crippen LogP contribution in [0.1, 0.15) is 76.1 Å². The maximum absolute atomic E-state index is 14.8. The molecule has 4 atom stereocenters. The Labute approximate surface area is 217 Å². The molecular formula is C28H39FN2O6. The van der Waals surface area contributed by atoms with Gasteiger partial charge in [-0.05, 0) is 68.3 Å². The minimum absolute atomic E-state index is 0.0283. The second-order valence-corrected chi connectivity index (χ2v) is 12.0. The van der Waals surface area contributed by atoms with Crippen molar-refractivity contribution in [1.82, 2.24) is 10.6 Å². The van der Waals surface area contributed by atoms with E-state index >= 15 is 0 Å². The Balaban J connectivity index is 1.48. The van der Waals surface area contributed by atoms with Gasteiger partial charge in [0.2, 0.25) is 5.91 Å². The fourth-order valence-corrected chi connectivity index (χ4v) is 6.15. The van der Waals surface area contributed by atoms with Crippen LogP contribution in [0.4, 0.5) is 4.39 Å². The van der Waals surface area contributed by atoms with Crippen LogP contribution in [-0.4, -0.2) is 48.7 Å². The molecule has 204 valence electrons. The lowest BCUT2D eigenvalue weighted by molar-refractivity contribution is -0.143. The summed E-state index contributed by atoms with van der Waals surface area (Å²) < 4.78 is 26.0. The first-order chi connectivity index (χ1) is 17.5. The van der Waals surface area contributed by atoms with Crippen molar-refractivity contribution in [2.45, 2.75) is 77.9 Å². The predicted molar refractivity (Wildman–Crippen MR) is 135 cm³/mol. The van der Waals surface area contributed by atoms with Gasteiger partial charge in [0, 0.05) is 18.7 Å². The summed E-state index contributed by atoms with van der Waals surface area (Å²) in [6.07, 6.45) is 4.46. The second-order valence-electron chi connectivity index (χ2n) is 12.0. The van der Waals surface area contributed by atoms with Gasteiger partial charge in [-0.1, -0.05) is 20.8 Å². The first-order valence-corrected chi connectivity index (χ1v) is 13.3. The average molecular weight is 519 g/mol. The van der Waals surface area contributed by atoms with Gasteiger partial charge < -0.3 is 25.2 Å². The topological polar surface area (TPSA) is 114 Å². The zero-order chi connectivity index (χ0) is 26.9. The lowest BCUT2D eigenvalue weighted by atomic mass is 9.83. The summed E-state index contributed by atoms with van der Waals surface area (Å²) in [5, 5.41) is 15.3. The van der Waals surface area contributed by atoms with Gasteiger partial charge in [-0.25, -0.2) is 4.39 Å². The molecule has 0 spiro atoms. The van der Waals surface area contributed by atoms with Crippen LogP contribution >= 0.6 is 0 Å². The SMILES string of the molecule is COc1cc(F)c(OC2CCC(C(=O)O)CC2)cc1C(=O)NC1C2CCC(C2)C1C(=O)NCC(C)(C)C. The third kappa shape index (κ3) is 6.18. The lowest BCUT2D eigenvalue weighted by Crippen LogP contribution is -2.50. The highest BCUT2D eigenvalue weighted by Gasteiger charge is 2.51. The molecular weight excluding hydrogens is 479 g/mol. The number of aliphatic carboxylic acids is 1. The van der Waals surface area contributed by atoms with Crippen LogP contribution in [0.15, 0.2) is 12.1 Å². The van der Waals surface area contributed by atoms with E-state index in [9.17, 15) is 23.9 Å². The van der Waals surface area contributed by atoms with Crippen LogP contribution in [0.2, 0.25) is 0 Å². The number of amides is 2. The maximum atomic E-state index is 14.8. The fourth-order valence-electron chi connectivity index (χ4n) is 6.15. The number of carboxylic acids is 1. The minimum Gasteiger partial charge on any atom is -0.496 e. The van der Waals surface area contributed by atoms with Crippen molar-refractivity contribution in [1.29, 1.82) is 0 Å². The number of carbonyl (C=O) groups is 3. The molecule has 0 radical (unpaired) electrons. The Morgan fingerprint density at radius 1 is 1.03 bits per heavy atom.